The van der Waals surface area contributed by atoms with Gasteiger partial charge < -0.3 is 10.2 Å². The van der Waals surface area contributed by atoms with Gasteiger partial charge in [-0.1, -0.05) is 37.0 Å². The smallest absolute Gasteiger partial charge is 0.351 e. The molecule has 26 heavy (non-hydrogen) atoms. The molecule has 1 saturated heterocycles. The number of carbonyl (C=O) groups is 1. The van der Waals surface area contributed by atoms with Crippen molar-refractivity contribution in [1.82, 2.24) is 15.5 Å². The third-order valence-electron chi connectivity index (χ3n) is 6.23. The minimum absolute atomic E-state index is 0.0173. The molecule has 0 aromatic carbocycles. The van der Waals surface area contributed by atoms with E-state index in [1.165, 1.54) is 0 Å². The summed E-state index contributed by atoms with van der Waals surface area (Å²) in [6.45, 7) is 0.613. The fourth-order valence-electron chi connectivity index (χ4n) is 4.95. The van der Waals surface area contributed by atoms with Crippen molar-refractivity contribution in [3.05, 3.63) is 5.01 Å². The van der Waals surface area contributed by atoms with Crippen molar-refractivity contribution in [2.24, 2.45) is 5.92 Å². The highest BCUT2D eigenvalue weighted by Gasteiger charge is 2.52. The summed E-state index contributed by atoms with van der Waals surface area (Å²) in [7, 11) is 0. The maximum Gasteiger partial charge on any atom is 0.445 e. The standard InChI is InChI=1S/C17H23F3N4OS/c18-17(19,20)14-22-23-15(26-14)24-10-7-12(16(24)8-3-4-9-16)21-13(25)11-5-1-2-6-11/h11-12H,1-10H2,(H,21,25). The minimum Gasteiger partial charge on any atom is -0.351 e. The number of aromatic nitrogens is 2. The van der Waals surface area contributed by atoms with E-state index in [2.05, 4.69) is 15.5 Å². The SMILES string of the molecule is O=C(NC1CCN(c2nnc(C(F)(F)F)s2)C12CCCC2)C1CCCC1. The van der Waals surface area contributed by atoms with Crippen LogP contribution in [0.5, 0.6) is 0 Å². The number of carbonyl (C=O) groups excluding carboxylic acids is 1. The lowest BCUT2D eigenvalue weighted by atomic mass is 9.88. The topological polar surface area (TPSA) is 58.1 Å². The van der Waals surface area contributed by atoms with Crippen LogP contribution in [0.3, 0.4) is 0 Å². The van der Waals surface area contributed by atoms with E-state index in [-0.39, 0.29) is 23.4 Å². The van der Waals surface area contributed by atoms with Gasteiger partial charge in [0.15, 0.2) is 0 Å². The molecule has 9 heteroatoms. The molecule has 1 aromatic heterocycles. The first-order valence-electron chi connectivity index (χ1n) is 9.39. The van der Waals surface area contributed by atoms with Crippen molar-refractivity contribution < 1.29 is 18.0 Å². The van der Waals surface area contributed by atoms with E-state index in [1.807, 2.05) is 4.90 Å². The van der Waals surface area contributed by atoms with Gasteiger partial charge in [-0.15, -0.1) is 10.2 Å². The number of halogens is 3. The van der Waals surface area contributed by atoms with Crippen LogP contribution in [0.25, 0.3) is 0 Å². The zero-order valence-electron chi connectivity index (χ0n) is 14.5. The molecule has 2 heterocycles. The molecule has 1 aliphatic heterocycles. The summed E-state index contributed by atoms with van der Waals surface area (Å²) < 4.78 is 38.7. The lowest BCUT2D eigenvalue weighted by Crippen LogP contribution is -2.55. The molecule has 1 aromatic rings. The second-order valence-electron chi connectivity index (χ2n) is 7.68. The van der Waals surface area contributed by atoms with Gasteiger partial charge in [0.1, 0.15) is 0 Å². The molecule has 1 unspecified atom stereocenters. The molecule has 2 saturated carbocycles. The molecule has 1 N–H and O–H groups in total. The number of nitrogens with zero attached hydrogens (tertiary/aromatic N) is 3. The van der Waals surface area contributed by atoms with Gasteiger partial charge >= 0.3 is 6.18 Å². The van der Waals surface area contributed by atoms with E-state index in [9.17, 15) is 18.0 Å². The van der Waals surface area contributed by atoms with Crippen LogP contribution in [0.1, 0.15) is 62.8 Å². The predicted molar refractivity (Wildman–Crippen MR) is 92.0 cm³/mol. The van der Waals surface area contributed by atoms with E-state index >= 15 is 0 Å². The van der Waals surface area contributed by atoms with Crippen LogP contribution in [-0.4, -0.2) is 34.2 Å². The summed E-state index contributed by atoms with van der Waals surface area (Å²) in [6.07, 6.45) is 4.19. The Labute approximate surface area is 154 Å². The highest BCUT2D eigenvalue weighted by molar-refractivity contribution is 7.15. The first kappa shape index (κ1) is 18.0. The highest BCUT2D eigenvalue weighted by Crippen LogP contribution is 2.47. The number of amides is 1. The van der Waals surface area contributed by atoms with E-state index < -0.39 is 11.2 Å². The third kappa shape index (κ3) is 3.08. The van der Waals surface area contributed by atoms with Gasteiger partial charge in [-0.05, 0) is 32.1 Å². The van der Waals surface area contributed by atoms with Crippen molar-refractivity contribution >= 4 is 22.4 Å². The Morgan fingerprint density at radius 2 is 1.81 bits per heavy atom. The summed E-state index contributed by atoms with van der Waals surface area (Å²) in [5.74, 6) is 0.217. The zero-order chi connectivity index (χ0) is 18.4. The van der Waals surface area contributed by atoms with Crippen LogP contribution < -0.4 is 10.2 Å². The van der Waals surface area contributed by atoms with Crippen molar-refractivity contribution in [3.8, 4) is 0 Å². The predicted octanol–water partition coefficient (Wildman–Crippen LogP) is 3.75. The lowest BCUT2D eigenvalue weighted by Gasteiger charge is -2.39. The minimum atomic E-state index is -4.46. The fraction of sp³-hybridized carbons (Fsp3) is 0.824. The Kier molecular flexibility index (Phi) is 4.61. The molecule has 144 valence electrons. The van der Waals surface area contributed by atoms with Crippen LogP contribution in [-0.2, 0) is 11.0 Å². The highest BCUT2D eigenvalue weighted by atomic mass is 32.1. The molecule has 2 aliphatic carbocycles. The Morgan fingerprint density at radius 3 is 2.42 bits per heavy atom. The average Bonchev–Trinajstić information content (AvgIpc) is 3.36. The third-order valence-corrected chi connectivity index (χ3v) is 7.22. The first-order valence-corrected chi connectivity index (χ1v) is 10.2. The van der Waals surface area contributed by atoms with Crippen molar-refractivity contribution in [3.63, 3.8) is 0 Å². The molecule has 1 atom stereocenters. The van der Waals surface area contributed by atoms with Gasteiger partial charge in [0, 0.05) is 12.5 Å². The molecule has 1 amide bonds. The summed E-state index contributed by atoms with van der Waals surface area (Å²) in [6, 6.07) is -0.0173. The van der Waals surface area contributed by atoms with Crippen LogP contribution in [0.15, 0.2) is 0 Å². The number of nitrogens with one attached hydrogen (secondary N) is 1. The molecular weight excluding hydrogens is 365 g/mol. The quantitative estimate of drug-likeness (QED) is 0.857. The van der Waals surface area contributed by atoms with Gasteiger partial charge in [0.05, 0.1) is 11.6 Å². The zero-order valence-corrected chi connectivity index (χ0v) is 15.3. The molecule has 1 spiro atoms. The summed E-state index contributed by atoms with van der Waals surface area (Å²) in [4.78, 5) is 14.6. The molecule has 5 nitrogen and oxygen atoms in total. The summed E-state index contributed by atoms with van der Waals surface area (Å²) in [5, 5.41) is 9.86. The fourth-order valence-corrected chi connectivity index (χ4v) is 5.79. The number of anilines is 1. The number of hydrogen-bond acceptors (Lipinski definition) is 5. The average molecular weight is 388 g/mol. The largest absolute Gasteiger partial charge is 0.445 e. The van der Waals surface area contributed by atoms with E-state index in [1.54, 1.807) is 0 Å². The lowest BCUT2D eigenvalue weighted by molar-refractivity contribution is -0.138. The maximum atomic E-state index is 12.9. The van der Waals surface area contributed by atoms with Gasteiger partial charge in [0.2, 0.25) is 16.0 Å². The van der Waals surface area contributed by atoms with Crippen LogP contribution >= 0.6 is 11.3 Å². The Balaban J connectivity index is 1.55. The molecule has 4 rings (SSSR count). The molecule has 3 fully saturated rings. The van der Waals surface area contributed by atoms with Gasteiger partial charge in [-0.2, -0.15) is 13.2 Å². The monoisotopic (exact) mass is 388 g/mol. The molecule has 0 bridgehead atoms. The van der Waals surface area contributed by atoms with Gasteiger partial charge in [-0.3, -0.25) is 4.79 Å². The Morgan fingerprint density at radius 1 is 1.12 bits per heavy atom. The number of alkyl halides is 3. The van der Waals surface area contributed by atoms with E-state index in [0.29, 0.717) is 23.0 Å². The second-order valence-corrected chi connectivity index (χ2v) is 8.64. The van der Waals surface area contributed by atoms with Crippen molar-refractivity contribution in [2.45, 2.75) is 75.5 Å². The maximum absolute atomic E-state index is 12.9. The van der Waals surface area contributed by atoms with Gasteiger partial charge in [-0.25, -0.2) is 0 Å². The Hall–Kier alpha value is -1.38. The molecule has 0 radical (unpaired) electrons. The molecule has 3 aliphatic rings. The van der Waals surface area contributed by atoms with Crippen LogP contribution in [0.4, 0.5) is 18.3 Å². The van der Waals surface area contributed by atoms with Crippen LogP contribution in [0, 0.1) is 5.92 Å². The van der Waals surface area contributed by atoms with Crippen molar-refractivity contribution in [1.29, 1.82) is 0 Å². The van der Waals surface area contributed by atoms with Crippen molar-refractivity contribution in [2.75, 3.05) is 11.4 Å². The first-order chi connectivity index (χ1) is 12.4. The van der Waals surface area contributed by atoms with E-state index in [4.69, 9.17) is 0 Å². The van der Waals surface area contributed by atoms with Gasteiger partial charge in [0.25, 0.3) is 0 Å². The number of rotatable bonds is 3. The molecular formula is C17H23F3N4OS. The summed E-state index contributed by atoms with van der Waals surface area (Å²) >= 11 is 0.610. The number of hydrogen-bond donors (Lipinski definition) is 1. The van der Waals surface area contributed by atoms with Crippen LogP contribution in [0.2, 0.25) is 0 Å². The second kappa shape index (κ2) is 6.65. The normalized spacial score (nSPS) is 26.1. The Bertz CT molecular complexity index is 665. The summed E-state index contributed by atoms with van der Waals surface area (Å²) in [5.41, 5.74) is -0.309. The van der Waals surface area contributed by atoms with E-state index in [0.717, 1.165) is 57.8 Å².